The molecule has 0 saturated heterocycles. The molecule has 4 aliphatic rings. The molecule has 0 heterocycles. The topological polar surface area (TPSA) is 94.9 Å². The zero-order valence-corrected chi connectivity index (χ0v) is 47.3. The molecule has 3 fully saturated rings. The lowest BCUT2D eigenvalue weighted by molar-refractivity contribution is -0.154. The molecule has 10 atom stereocenters. The Morgan fingerprint density at radius 3 is 1.71 bits per heavy atom. The number of allylic oxidation sites excluding steroid dienone is 2. The summed E-state index contributed by atoms with van der Waals surface area (Å²) in [7, 11) is 0. The van der Waals surface area contributed by atoms with E-state index < -0.39 is 18.0 Å². The molecular weight excluding hydrogens is 863 g/mol. The second-order valence-electron chi connectivity index (χ2n) is 25.5. The van der Waals surface area contributed by atoms with Crippen LogP contribution in [0.1, 0.15) is 312 Å². The van der Waals surface area contributed by atoms with Crippen LogP contribution in [0.5, 0.6) is 0 Å². The van der Waals surface area contributed by atoms with Crippen molar-refractivity contribution in [3.8, 4) is 0 Å². The van der Waals surface area contributed by atoms with E-state index in [2.05, 4.69) is 54.5 Å². The first kappa shape index (κ1) is 60.7. The van der Waals surface area contributed by atoms with Crippen LogP contribution in [-0.4, -0.2) is 45.0 Å². The van der Waals surface area contributed by atoms with E-state index in [0.717, 1.165) is 99.2 Å². The quantitative estimate of drug-likeness (QED) is 0.0471. The van der Waals surface area contributed by atoms with E-state index >= 15 is 0 Å². The molecule has 70 heavy (non-hydrogen) atoms. The molecule has 0 aromatic heterocycles. The van der Waals surface area contributed by atoms with Crippen molar-refractivity contribution in [2.45, 2.75) is 324 Å². The van der Waals surface area contributed by atoms with Gasteiger partial charge in [0.05, 0.1) is 0 Å². The van der Waals surface area contributed by atoms with Crippen LogP contribution in [0.3, 0.4) is 0 Å². The molecule has 1 amide bonds. The van der Waals surface area contributed by atoms with Crippen LogP contribution in [0.15, 0.2) is 11.6 Å². The Bertz CT molecular complexity index is 1490. The monoisotopic (exact) mass is 978 g/mol. The number of carboxylic acids is 2. The highest BCUT2D eigenvalue weighted by atomic mass is 16.4. The number of carbonyl (C=O) groups excluding carboxylic acids is 1. The second-order valence-corrected chi connectivity index (χ2v) is 25.5. The van der Waals surface area contributed by atoms with Gasteiger partial charge in [0.15, 0.2) is 0 Å². The van der Waals surface area contributed by atoms with Crippen molar-refractivity contribution in [2.24, 2.45) is 52.3 Å². The Hall–Kier alpha value is -1.85. The van der Waals surface area contributed by atoms with Crippen LogP contribution in [0.4, 0.5) is 0 Å². The first-order chi connectivity index (χ1) is 33.8. The predicted molar refractivity (Wildman–Crippen MR) is 296 cm³/mol. The number of aliphatic carboxylic acids is 2. The van der Waals surface area contributed by atoms with Gasteiger partial charge in [-0.05, 0) is 129 Å². The average Bonchev–Trinajstić information content (AvgIpc) is 3.69. The zero-order valence-electron chi connectivity index (χ0n) is 47.3. The summed E-state index contributed by atoms with van der Waals surface area (Å²) in [5, 5.41) is 20.1. The maximum absolute atomic E-state index is 14.2. The standard InChI is InChI=1S/C64H115NO5/c1-8-10-12-14-16-18-20-25-29-36-54(65(59(62(69)70)43-44-61(67)68)60(66)38-31-27-21-19-17-15-13-11-9-2)37-30-26-23-22-24-28-35-52-45-47-63(6)53(49-52)39-40-55-57-42-41-56(51(5)34-32-33-50(3)4)64(57,7)48-46-58(55)63/h39,50-52,54-59H,8-38,40-49H2,1-7H3,(H,67,68)(H,69,70)/t51-,52?,54?,55?,56-,57?,58?,59+,63+,64-/m1/s1. The number of fused-ring (bicyclic) bond motifs is 5. The molecular formula is C64H115NO5. The molecule has 406 valence electrons. The Balaban J connectivity index is 1.25. The minimum atomic E-state index is -1.08. The molecule has 0 aromatic rings. The van der Waals surface area contributed by atoms with Crippen molar-refractivity contribution >= 4 is 17.8 Å². The molecule has 2 N–H and O–H groups in total. The van der Waals surface area contributed by atoms with Crippen molar-refractivity contribution in [3.63, 3.8) is 0 Å². The molecule has 0 radical (unpaired) electrons. The van der Waals surface area contributed by atoms with Crippen LogP contribution >= 0.6 is 0 Å². The minimum Gasteiger partial charge on any atom is -0.481 e. The van der Waals surface area contributed by atoms with E-state index in [1.165, 1.54) is 186 Å². The third-order valence-corrected chi connectivity index (χ3v) is 19.9. The highest BCUT2D eigenvalue weighted by molar-refractivity contribution is 5.84. The van der Waals surface area contributed by atoms with Crippen molar-refractivity contribution in [3.05, 3.63) is 11.6 Å². The fourth-order valence-corrected chi connectivity index (χ4v) is 15.6. The first-order valence-electron chi connectivity index (χ1n) is 31.2. The van der Waals surface area contributed by atoms with Gasteiger partial charge in [-0.15, -0.1) is 0 Å². The Labute approximate surface area is 433 Å². The van der Waals surface area contributed by atoms with Gasteiger partial charge in [0.1, 0.15) is 6.04 Å². The van der Waals surface area contributed by atoms with Gasteiger partial charge in [-0.2, -0.15) is 0 Å². The summed E-state index contributed by atoms with van der Waals surface area (Å²) >= 11 is 0. The van der Waals surface area contributed by atoms with E-state index in [0.29, 0.717) is 17.3 Å². The number of unbranched alkanes of at least 4 members (excludes halogenated alkanes) is 21. The molecule has 4 aliphatic carbocycles. The van der Waals surface area contributed by atoms with E-state index in [-0.39, 0.29) is 24.8 Å². The minimum absolute atomic E-state index is 0.0281. The van der Waals surface area contributed by atoms with Crippen LogP contribution in [0, 0.1) is 52.3 Å². The van der Waals surface area contributed by atoms with E-state index in [9.17, 15) is 24.6 Å². The molecule has 6 heteroatoms. The largest absolute Gasteiger partial charge is 0.481 e. The maximum atomic E-state index is 14.2. The molecule has 6 nitrogen and oxygen atoms in total. The van der Waals surface area contributed by atoms with Gasteiger partial charge in [-0.3, -0.25) is 9.59 Å². The fourth-order valence-electron chi connectivity index (χ4n) is 15.6. The Morgan fingerprint density at radius 1 is 0.600 bits per heavy atom. The summed E-state index contributed by atoms with van der Waals surface area (Å²) in [6.45, 7) is 17.3. The number of hydrogen-bond acceptors (Lipinski definition) is 3. The molecule has 4 rings (SSSR count). The van der Waals surface area contributed by atoms with Crippen molar-refractivity contribution in [1.82, 2.24) is 4.90 Å². The number of rotatable bonds is 40. The first-order valence-corrected chi connectivity index (χ1v) is 31.2. The summed E-state index contributed by atoms with van der Waals surface area (Å²) in [6, 6.07) is -1.22. The highest BCUT2D eigenvalue weighted by Crippen LogP contribution is 2.67. The van der Waals surface area contributed by atoms with E-state index in [4.69, 9.17) is 0 Å². The van der Waals surface area contributed by atoms with E-state index in [1.807, 2.05) is 5.57 Å². The summed E-state index contributed by atoms with van der Waals surface area (Å²) in [5.41, 5.74) is 2.84. The lowest BCUT2D eigenvalue weighted by atomic mass is 9.46. The normalized spacial score (nSPS) is 26.5. The third kappa shape index (κ3) is 19.4. The molecule has 0 bridgehead atoms. The molecule has 0 spiro atoms. The fraction of sp³-hybridized carbons (Fsp3) is 0.922. The average molecular weight is 979 g/mol. The number of carbonyl (C=O) groups is 3. The number of hydrogen-bond donors (Lipinski definition) is 2. The molecule has 5 unspecified atom stereocenters. The second kappa shape index (κ2) is 33.1. The van der Waals surface area contributed by atoms with Gasteiger partial charge < -0.3 is 15.1 Å². The lowest BCUT2D eigenvalue weighted by Crippen LogP contribution is -2.51. The Morgan fingerprint density at radius 2 is 1.16 bits per heavy atom. The summed E-state index contributed by atoms with van der Waals surface area (Å²) < 4.78 is 0. The number of amides is 1. The molecule has 0 aliphatic heterocycles. The van der Waals surface area contributed by atoms with Crippen LogP contribution < -0.4 is 0 Å². The summed E-state index contributed by atoms with van der Waals surface area (Å²) in [6.07, 6.45) is 50.1. The van der Waals surface area contributed by atoms with Crippen molar-refractivity contribution < 1.29 is 24.6 Å². The Kier molecular flexibility index (Phi) is 28.7. The van der Waals surface area contributed by atoms with Crippen LogP contribution in [0.25, 0.3) is 0 Å². The highest BCUT2D eigenvalue weighted by Gasteiger charge is 2.59. The van der Waals surface area contributed by atoms with Gasteiger partial charge in [0.25, 0.3) is 0 Å². The van der Waals surface area contributed by atoms with Crippen molar-refractivity contribution in [2.75, 3.05) is 0 Å². The van der Waals surface area contributed by atoms with Crippen LogP contribution in [0.2, 0.25) is 0 Å². The number of nitrogens with zero attached hydrogens (tertiary/aromatic N) is 1. The molecule has 3 saturated carbocycles. The lowest BCUT2D eigenvalue weighted by Gasteiger charge is -2.58. The smallest absolute Gasteiger partial charge is 0.326 e. The van der Waals surface area contributed by atoms with Gasteiger partial charge in [0, 0.05) is 18.9 Å². The maximum Gasteiger partial charge on any atom is 0.326 e. The third-order valence-electron chi connectivity index (χ3n) is 19.9. The van der Waals surface area contributed by atoms with Crippen LogP contribution in [-0.2, 0) is 14.4 Å². The predicted octanol–water partition coefficient (Wildman–Crippen LogP) is 19.1. The molecule has 0 aromatic carbocycles. The van der Waals surface area contributed by atoms with Gasteiger partial charge in [-0.25, -0.2) is 4.79 Å². The summed E-state index contributed by atoms with van der Waals surface area (Å²) in [4.78, 5) is 40.5. The van der Waals surface area contributed by atoms with E-state index in [1.54, 1.807) is 4.90 Å². The number of carboxylic acid groups (broad SMARTS) is 2. The summed E-state index contributed by atoms with van der Waals surface area (Å²) in [5.74, 6) is 4.09. The van der Waals surface area contributed by atoms with Gasteiger partial charge in [0.2, 0.25) is 5.91 Å². The SMILES string of the molecule is CCCCCCCCCCCC(=O)N(C(CCCCCCCCCCC)CCCCCCCCC1CC[C@@]2(C)C(=CCC3C2CC[C@@]2(C)C3CC[C@@H]2[C@H](C)CCCC(C)C)C1)[C@@H](CCC(=O)O)C(=O)O. The van der Waals surface area contributed by atoms with Crippen molar-refractivity contribution in [1.29, 1.82) is 0 Å². The zero-order chi connectivity index (χ0) is 50.8. The van der Waals surface area contributed by atoms with Gasteiger partial charge in [-0.1, -0.05) is 233 Å². The van der Waals surface area contributed by atoms with Gasteiger partial charge >= 0.3 is 11.9 Å².